The van der Waals surface area contributed by atoms with Crippen molar-refractivity contribution in [3.8, 4) is 11.5 Å². The number of imide groups is 2. The number of barbiturate groups is 1. The van der Waals surface area contributed by atoms with Crippen LogP contribution in [0.5, 0.6) is 11.5 Å². The number of nitrogens with zero attached hydrogens (tertiary/aromatic N) is 1. The molecule has 1 heterocycles. The van der Waals surface area contributed by atoms with Crippen molar-refractivity contribution in [2.45, 2.75) is 13.5 Å². The number of hydrogen-bond acceptors (Lipinski definition) is 5. The zero-order chi connectivity index (χ0) is 27.5. The number of benzene rings is 4. The summed E-state index contributed by atoms with van der Waals surface area (Å²) in [5.74, 6) is -0.419. The Morgan fingerprint density at radius 2 is 1.69 bits per heavy atom. The van der Waals surface area contributed by atoms with Gasteiger partial charge >= 0.3 is 6.03 Å². The Labute approximate surface area is 247 Å². The molecule has 0 unspecified atom stereocenters. The third-order valence-corrected chi connectivity index (χ3v) is 7.41. The number of fused-ring (bicyclic) bond motifs is 1. The summed E-state index contributed by atoms with van der Waals surface area (Å²) < 4.78 is 13.7. The first-order valence-corrected chi connectivity index (χ1v) is 14.0. The van der Waals surface area contributed by atoms with E-state index in [2.05, 4.69) is 62.0 Å². The van der Waals surface area contributed by atoms with Crippen LogP contribution in [0.1, 0.15) is 18.1 Å². The lowest BCUT2D eigenvalue weighted by Crippen LogP contribution is -2.54. The van der Waals surface area contributed by atoms with Crippen LogP contribution in [0.2, 0.25) is 0 Å². The van der Waals surface area contributed by atoms with Gasteiger partial charge in [-0.1, -0.05) is 58.4 Å². The molecule has 4 amide bonds. The van der Waals surface area contributed by atoms with Gasteiger partial charge in [0.1, 0.15) is 12.2 Å². The van der Waals surface area contributed by atoms with Gasteiger partial charge in [0, 0.05) is 4.47 Å². The van der Waals surface area contributed by atoms with Gasteiger partial charge in [0.25, 0.3) is 11.8 Å². The molecular weight excluding hydrogens is 675 g/mol. The Morgan fingerprint density at radius 1 is 0.949 bits per heavy atom. The van der Waals surface area contributed by atoms with Crippen LogP contribution < -0.4 is 19.7 Å². The lowest BCUT2D eigenvalue weighted by Gasteiger charge is -2.26. The van der Waals surface area contributed by atoms with Gasteiger partial charge in [-0.05, 0) is 93.9 Å². The fraction of sp³-hybridized carbons (Fsp3) is 0.100. The molecule has 5 rings (SSSR count). The smallest absolute Gasteiger partial charge is 0.335 e. The van der Waals surface area contributed by atoms with Crippen LogP contribution in [0.25, 0.3) is 16.8 Å². The van der Waals surface area contributed by atoms with Crippen molar-refractivity contribution in [1.29, 1.82) is 0 Å². The first kappa shape index (κ1) is 26.9. The van der Waals surface area contributed by atoms with E-state index in [-0.39, 0.29) is 5.57 Å². The molecule has 4 aromatic carbocycles. The second-order valence-electron chi connectivity index (χ2n) is 8.62. The van der Waals surface area contributed by atoms with Crippen LogP contribution in [-0.4, -0.2) is 24.5 Å². The first-order valence-electron chi connectivity index (χ1n) is 12.1. The van der Waals surface area contributed by atoms with Gasteiger partial charge in [0.15, 0.2) is 11.5 Å². The van der Waals surface area contributed by atoms with E-state index in [9.17, 15) is 14.4 Å². The van der Waals surface area contributed by atoms with Crippen LogP contribution in [0.3, 0.4) is 0 Å². The third-order valence-electron chi connectivity index (χ3n) is 6.08. The Bertz CT molecular complexity index is 1630. The predicted molar refractivity (Wildman–Crippen MR) is 162 cm³/mol. The molecule has 1 fully saturated rings. The summed E-state index contributed by atoms with van der Waals surface area (Å²) in [5, 5.41) is 4.49. The fourth-order valence-electron chi connectivity index (χ4n) is 4.29. The van der Waals surface area contributed by atoms with Crippen LogP contribution >= 0.6 is 38.5 Å². The summed E-state index contributed by atoms with van der Waals surface area (Å²) in [6.07, 6.45) is 1.45. The molecule has 0 aliphatic carbocycles. The largest absolute Gasteiger partial charge is 0.490 e. The fourth-order valence-corrected chi connectivity index (χ4v) is 5.34. The van der Waals surface area contributed by atoms with E-state index in [4.69, 9.17) is 9.47 Å². The van der Waals surface area contributed by atoms with Crippen molar-refractivity contribution in [2.24, 2.45) is 0 Å². The molecule has 39 heavy (non-hydrogen) atoms. The molecule has 0 radical (unpaired) electrons. The van der Waals surface area contributed by atoms with E-state index in [1.165, 1.54) is 6.08 Å². The van der Waals surface area contributed by atoms with Crippen LogP contribution in [-0.2, 0) is 16.2 Å². The normalized spacial score (nSPS) is 14.6. The number of amides is 4. The topological polar surface area (TPSA) is 84.9 Å². The lowest BCUT2D eigenvalue weighted by molar-refractivity contribution is -0.122. The number of carbonyl (C=O) groups excluding carboxylic acids is 3. The number of carbonyl (C=O) groups is 3. The van der Waals surface area contributed by atoms with Gasteiger partial charge in [-0.3, -0.25) is 14.9 Å². The first-order chi connectivity index (χ1) is 18.9. The van der Waals surface area contributed by atoms with Gasteiger partial charge in [-0.25, -0.2) is 9.69 Å². The molecule has 0 spiro atoms. The highest BCUT2D eigenvalue weighted by Crippen LogP contribution is 2.36. The Morgan fingerprint density at radius 3 is 2.46 bits per heavy atom. The summed E-state index contributed by atoms with van der Waals surface area (Å²) in [7, 11) is 0. The van der Waals surface area contributed by atoms with Gasteiger partial charge in [0.2, 0.25) is 0 Å². The van der Waals surface area contributed by atoms with E-state index >= 15 is 0 Å². The number of hydrogen-bond donors (Lipinski definition) is 1. The van der Waals surface area contributed by atoms with E-state index in [0.29, 0.717) is 36.0 Å². The van der Waals surface area contributed by atoms with E-state index in [1.54, 1.807) is 36.4 Å². The number of ether oxygens (including phenoxy) is 2. The van der Waals surface area contributed by atoms with Gasteiger partial charge in [-0.15, -0.1) is 0 Å². The average Bonchev–Trinajstić information content (AvgIpc) is 2.92. The second kappa shape index (κ2) is 11.6. The molecule has 1 aliphatic heterocycles. The van der Waals surface area contributed by atoms with Crippen LogP contribution in [0, 0.1) is 3.57 Å². The van der Waals surface area contributed by atoms with Crippen LogP contribution in [0.4, 0.5) is 10.5 Å². The Hall–Kier alpha value is -3.70. The van der Waals surface area contributed by atoms with E-state index < -0.39 is 17.8 Å². The maximum absolute atomic E-state index is 13.3. The molecule has 1 aliphatic rings. The van der Waals surface area contributed by atoms with Gasteiger partial charge in [-0.2, -0.15) is 0 Å². The molecule has 0 bridgehead atoms. The standard InChI is InChI=1S/C30H22BrIN2O5/c1-2-38-26-16-18(14-24-28(35)33-30(37)34(29(24)36)22-12-10-21(31)11-13-22)15-25(32)27(26)39-17-20-8-5-7-19-6-3-4-9-23(19)20/h3-16H,2,17H2,1H3,(H,33,35,37)/b24-14+. The SMILES string of the molecule is CCOc1cc(/C=C2\C(=O)NC(=O)N(c3ccc(Br)cc3)C2=O)cc(I)c1OCc1cccc2ccccc12. The van der Waals surface area contributed by atoms with Crippen molar-refractivity contribution < 1.29 is 23.9 Å². The lowest BCUT2D eigenvalue weighted by atomic mass is 10.1. The minimum Gasteiger partial charge on any atom is -0.490 e. The maximum atomic E-state index is 13.3. The van der Waals surface area contributed by atoms with E-state index in [0.717, 1.165) is 29.3 Å². The molecule has 9 heteroatoms. The number of anilines is 1. The predicted octanol–water partition coefficient (Wildman–Crippen LogP) is 6.85. The second-order valence-corrected chi connectivity index (χ2v) is 10.7. The molecule has 1 N–H and O–H groups in total. The third kappa shape index (κ3) is 5.69. The summed E-state index contributed by atoms with van der Waals surface area (Å²) in [6.45, 7) is 2.60. The molecule has 0 atom stereocenters. The molecule has 7 nitrogen and oxygen atoms in total. The molecular formula is C30H22BrIN2O5. The van der Waals surface area contributed by atoms with Crippen LogP contribution in [0.15, 0.2) is 88.9 Å². The van der Waals surface area contributed by atoms with Gasteiger partial charge in [0.05, 0.1) is 15.9 Å². The Kier molecular flexibility index (Phi) is 7.99. The highest BCUT2D eigenvalue weighted by molar-refractivity contribution is 14.1. The molecule has 1 saturated heterocycles. The molecule has 196 valence electrons. The summed E-state index contributed by atoms with van der Waals surface area (Å²) in [4.78, 5) is 39.4. The van der Waals surface area contributed by atoms with Crippen molar-refractivity contribution in [3.05, 3.63) is 104 Å². The van der Waals surface area contributed by atoms with Crippen molar-refractivity contribution in [2.75, 3.05) is 11.5 Å². The minimum absolute atomic E-state index is 0.166. The highest BCUT2D eigenvalue weighted by atomic mass is 127. The van der Waals surface area contributed by atoms with Crippen molar-refractivity contribution in [3.63, 3.8) is 0 Å². The number of urea groups is 1. The molecule has 0 saturated carbocycles. The number of nitrogens with one attached hydrogen (secondary N) is 1. The minimum atomic E-state index is -0.800. The number of rotatable bonds is 7. The molecule has 4 aromatic rings. The van der Waals surface area contributed by atoms with E-state index in [1.807, 2.05) is 31.2 Å². The highest BCUT2D eigenvalue weighted by Gasteiger charge is 2.36. The summed E-state index contributed by atoms with van der Waals surface area (Å²) >= 11 is 5.49. The summed E-state index contributed by atoms with van der Waals surface area (Å²) in [6, 6.07) is 23.6. The monoisotopic (exact) mass is 696 g/mol. The summed E-state index contributed by atoms with van der Waals surface area (Å²) in [5.41, 5.74) is 1.78. The zero-order valence-electron chi connectivity index (χ0n) is 20.7. The van der Waals surface area contributed by atoms with Crippen molar-refractivity contribution in [1.82, 2.24) is 5.32 Å². The zero-order valence-corrected chi connectivity index (χ0v) is 24.5. The number of halogens is 2. The quantitative estimate of drug-likeness (QED) is 0.130. The van der Waals surface area contributed by atoms with Gasteiger partial charge < -0.3 is 9.47 Å². The van der Waals surface area contributed by atoms with Crippen molar-refractivity contribution >= 4 is 78.9 Å². The Balaban J connectivity index is 1.46. The average molecular weight is 697 g/mol. The maximum Gasteiger partial charge on any atom is 0.335 e. The molecule has 0 aromatic heterocycles.